The third-order valence-corrected chi connectivity index (χ3v) is 4.66. The predicted molar refractivity (Wildman–Crippen MR) is 87.3 cm³/mol. The van der Waals surface area contributed by atoms with E-state index in [9.17, 15) is 0 Å². The maximum atomic E-state index is 4.80. The van der Waals surface area contributed by atoms with Crippen molar-refractivity contribution >= 4 is 22.6 Å². The molecule has 2 rings (SSSR count). The Morgan fingerprint density at radius 3 is 2.37 bits per heavy atom. The fraction of sp³-hybridized carbons (Fsp3) is 0.562. The zero-order valence-corrected chi connectivity index (χ0v) is 13.2. The van der Waals surface area contributed by atoms with Gasteiger partial charge in [-0.3, -0.25) is 4.99 Å². The molecule has 19 heavy (non-hydrogen) atoms. The number of amidine groups is 1. The summed E-state index contributed by atoms with van der Waals surface area (Å²) in [5, 5.41) is 4.67. The number of benzene rings is 1. The van der Waals surface area contributed by atoms with Gasteiger partial charge in [-0.05, 0) is 29.9 Å². The number of aliphatic imine (C=N–C) groups is 1. The van der Waals surface area contributed by atoms with Crippen LogP contribution in [0.15, 0.2) is 23.2 Å². The molecule has 3 heteroatoms. The second kappa shape index (κ2) is 6.47. The smallest absolute Gasteiger partial charge is 0.161 e. The molecule has 1 aliphatic heterocycles. The van der Waals surface area contributed by atoms with Crippen LogP contribution in [0.1, 0.15) is 38.8 Å². The highest BCUT2D eigenvalue weighted by Gasteiger charge is 2.22. The molecule has 1 N–H and O–H groups in total. The molecule has 0 radical (unpaired) electrons. The van der Waals surface area contributed by atoms with E-state index in [4.69, 9.17) is 4.99 Å². The minimum Gasteiger partial charge on any atom is -0.335 e. The van der Waals surface area contributed by atoms with E-state index in [2.05, 4.69) is 51.2 Å². The number of hydrogen-bond acceptors (Lipinski definition) is 3. The van der Waals surface area contributed by atoms with E-state index in [-0.39, 0.29) is 0 Å². The van der Waals surface area contributed by atoms with Gasteiger partial charge in [0.25, 0.3) is 0 Å². The van der Waals surface area contributed by atoms with Crippen LogP contribution in [-0.2, 0) is 12.8 Å². The largest absolute Gasteiger partial charge is 0.335 e. The summed E-state index contributed by atoms with van der Waals surface area (Å²) in [5.41, 5.74) is 4.05. The molecule has 0 fully saturated rings. The molecule has 0 spiro atoms. The van der Waals surface area contributed by atoms with Crippen molar-refractivity contribution in [2.75, 3.05) is 11.1 Å². The number of hydrogen-bond donors (Lipinski definition) is 1. The first-order valence-corrected chi connectivity index (χ1v) is 8.22. The number of para-hydroxylation sites is 1. The summed E-state index contributed by atoms with van der Waals surface area (Å²) in [6, 6.07) is 7.04. The molecule has 1 aromatic rings. The van der Waals surface area contributed by atoms with Crippen LogP contribution in [0.25, 0.3) is 0 Å². The average Bonchev–Trinajstić information content (AvgIpc) is 2.87. The summed E-state index contributed by atoms with van der Waals surface area (Å²) in [7, 11) is 0. The highest BCUT2D eigenvalue weighted by Crippen LogP contribution is 2.28. The molecule has 104 valence electrons. The SMILES string of the molecule is CCc1cccc(CC)c1NC1=N[C@@H](C(C)C)CS1. The Morgan fingerprint density at radius 2 is 1.89 bits per heavy atom. The Hall–Kier alpha value is -0.960. The summed E-state index contributed by atoms with van der Waals surface area (Å²) in [5.74, 6) is 1.73. The van der Waals surface area contributed by atoms with Gasteiger partial charge in [-0.15, -0.1) is 0 Å². The Balaban J connectivity index is 2.22. The van der Waals surface area contributed by atoms with Gasteiger partial charge in [0.2, 0.25) is 0 Å². The van der Waals surface area contributed by atoms with Crippen molar-refractivity contribution < 1.29 is 0 Å². The minimum absolute atomic E-state index is 0.464. The van der Waals surface area contributed by atoms with Crippen molar-refractivity contribution in [1.29, 1.82) is 0 Å². The zero-order chi connectivity index (χ0) is 13.8. The van der Waals surface area contributed by atoms with Crippen LogP contribution in [0.2, 0.25) is 0 Å². The first-order chi connectivity index (χ1) is 9.15. The summed E-state index contributed by atoms with van der Waals surface area (Å²) in [6.07, 6.45) is 2.11. The monoisotopic (exact) mass is 276 g/mol. The Kier molecular flexibility index (Phi) is 4.92. The van der Waals surface area contributed by atoms with Gasteiger partial charge in [-0.25, -0.2) is 0 Å². The fourth-order valence-electron chi connectivity index (χ4n) is 2.31. The zero-order valence-electron chi connectivity index (χ0n) is 12.4. The first-order valence-electron chi connectivity index (χ1n) is 7.24. The summed E-state index contributed by atoms with van der Waals surface area (Å²) in [4.78, 5) is 4.80. The lowest BCUT2D eigenvalue weighted by Gasteiger charge is -2.14. The van der Waals surface area contributed by atoms with Crippen molar-refractivity contribution in [1.82, 2.24) is 0 Å². The molecule has 0 aromatic heterocycles. The quantitative estimate of drug-likeness (QED) is 0.884. The highest BCUT2D eigenvalue weighted by molar-refractivity contribution is 8.14. The van der Waals surface area contributed by atoms with E-state index in [0.717, 1.165) is 23.8 Å². The molecule has 1 aliphatic rings. The van der Waals surface area contributed by atoms with Gasteiger partial charge < -0.3 is 5.32 Å². The molecular weight excluding hydrogens is 252 g/mol. The van der Waals surface area contributed by atoms with Crippen molar-refractivity contribution in [2.45, 2.75) is 46.6 Å². The molecule has 2 nitrogen and oxygen atoms in total. The standard InChI is InChI=1S/C16H24N2S/c1-5-12-8-7-9-13(6-2)15(12)18-16-17-14(10-19-16)11(3)4/h7-9,11,14H,5-6,10H2,1-4H3,(H,17,18)/t14-/m1/s1. The third kappa shape index (κ3) is 3.33. The molecule has 0 saturated carbocycles. The molecule has 0 amide bonds. The lowest BCUT2D eigenvalue weighted by molar-refractivity contribution is 0.543. The van der Waals surface area contributed by atoms with Crippen molar-refractivity contribution in [3.63, 3.8) is 0 Å². The Morgan fingerprint density at radius 1 is 1.26 bits per heavy atom. The Bertz CT molecular complexity index is 444. The van der Waals surface area contributed by atoms with Gasteiger partial charge >= 0.3 is 0 Å². The van der Waals surface area contributed by atoms with E-state index < -0.39 is 0 Å². The second-order valence-electron chi connectivity index (χ2n) is 5.34. The van der Waals surface area contributed by atoms with Gasteiger partial charge in [0, 0.05) is 11.4 Å². The van der Waals surface area contributed by atoms with Gasteiger partial charge in [0.05, 0.1) is 6.04 Å². The molecule has 1 atom stereocenters. The first kappa shape index (κ1) is 14.4. The van der Waals surface area contributed by atoms with Gasteiger partial charge in [0.15, 0.2) is 5.17 Å². The van der Waals surface area contributed by atoms with Crippen molar-refractivity contribution in [3.8, 4) is 0 Å². The maximum absolute atomic E-state index is 4.80. The van der Waals surface area contributed by atoms with Crippen LogP contribution >= 0.6 is 11.8 Å². The lowest BCUT2D eigenvalue weighted by atomic mass is 10.0. The fourth-order valence-corrected chi connectivity index (χ4v) is 3.48. The van der Waals surface area contributed by atoms with Crippen LogP contribution in [0.3, 0.4) is 0 Å². The van der Waals surface area contributed by atoms with Crippen LogP contribution in [0.5, 0.6) is 0 Å². The number of anilines is 1. The number of thioether (sulfide) groups is 1. The summed E-state index contributed by atoms with van der Waals surface area (Å²) in [6.45, 7) is 8.91. The van der Waals surface area contributed by atoms with Crippen LogP contribution in [0.4, 0.5) is 5.69 Å². The van der Waals surface area contributed by atoms with Gasteiger partial charge in [-0.2, -0.15) is 0 Å². The summed E-state index contributed by atoms with van der Waals surface area (Å²) >= 11 is 1.85. The topological polar surface area (TPSA) is 24.4 Å². The maximum Gasteiger partial charge on any atom is 0.161 e. The van der Waals surface area contributed by atoms with Crippen LogP contribution in [-0.4, -0.2) is 17.0 Å². The Labute approximate surface area is 121 Å². The number of nitrogens with zero attached hydrogens (tertiary/aromatic N) is 1. The minimum atomic E-state index is 0.464. The second-order valence-corrected chi connectivity index (χ2v) is 6.35. The van der Waals surface area contributed by atoms with E-state index >= 15 is 0 Å². The average molecular weight is 276 g/mol. The van der Waals surface area contributed by atoms with E-state index in [0.29, 0.717) is 12.0 Å². The molecule has 0 saturated heterocycles. The molecule has 0 bridgehead atoms. The van der Waals surface area contributed by atoms with Crippen molar-refractivity contribution in [3.05, 3.63) is 29.3 Å². The lowest BCUT2D eigenvalue weighted by Crippen LogP contribution is -2.12. The number of aryl methyl sites for hydroxylation is 2. The predicted octanol–water partition coefficient (Wildman–Crippen LogP) is 4.35. The van der Waals surface area contributed by atoms with Gasteiger partial charge in [0.1, 0.15) is 0 Å². The van der Waals surface area contributed by atoms with Crippen molar-refractivity contribution in [2.24, 2.45) is 10.9 Å². The normalized spacial score (nSPS) is 18.8. The van der Waals surface area contributed by atoms with Crippen LogP contribution in [0, 0.1) is 5.92 Å². The van der Waals surface area contributed by atoms with Gasteiger partial charge in [-0.1, -0.05) is 57.7 Å². The molecule has 1 aromatic carbocycles. The number of nitrogens with one attached hydrogen (secondary N) is 1. The summed E-state index contributed by atoms with van der Waals surface area (Å²) < 4.78 is 0. The molecular formula is C16H24N2S. The van der Waals surface area contributed by atoms with E-state index in [1.165, 1.54) is 16.8 Å². The van der Waals surface area contributed by atoms with Crippen LogP contribution < -0.4 is 5.32 Å². The molecule has 0 aliphatic carbocycles. The number of rotatable bonds is 4. The third-order valence-electron chi connectivity index (χ3n) is 3.67. The highest BCUT2D eigenvalue weighted by atomic mass is 32.2. The molecule has 1 heterocycles. The van der Waals surface area contributed by atoms with E-state index in [1.54, 1.807) is 0 Å². The van der Waals surface area contributed by atoms with E-state index in [1.807, 2.05) is 11.8 Å². The molecule has 0 unspecified atom stereocenters.